The highest BCUT2D eigenvalue weighted by Gasteiger charge is 2.55. The first-order valence-electron chi connectivity index (χ1n) is 7.55. The smallest absolute Gasteiger partial charge is 0.273 e. The molecule has 1 fully saturated rings. The maximum atomic E-state index is 12.9. The van der Waals surface area contributed by atoms with E-state index in [0.29, 0.717) is 27.0 Å². The number of imide groups is 1. The van der Waals surface area contributed by atoms with Crippen molar-refractivity contribution in [3.63, 3.8) is 0 Å². The molecule has 0 radical (unpaired) electrons. The van der Waals surface area contributed by atoms with E-state index in [0.717, 1.165) is 4.90 Å². The maximum Gasteiger partial charge on any atom is 0.273 e. The standard InChI is InChI=1S/C18H12Cl2N2O3/c19-11-6-7-13(14(20)8-11)15-9-18(25-21-15)10-16(23)22(17(18)24)12-4-2-1-3-5-12/h1-9,21H,10H2/t18-/m0/s1. The third-order valence-corrected chi connectivity index (χ3v) is 4.73. The Kier molecular flexibility index (Phi) is 3.80. The molecule has 5 nitrogen and oxygen atoms in total. The largest absolute Gasteiger partial charge is 0.274 e. The summed E-state index contributed by atoms with van der Waals surface area (Å²) in [5.74, 6) is -0.756. The minimum atomic E-state index is -1.37. The summed E-state index contributed by atoms with van der Waals surface area (Å²) >= 11 is 12.1. The van der Waals surface area contributed by atoms with Gasteiger partial charge >= 0.3 is 0 Å². The number of carbonyl (C=O) groups is 2. The van der Waals surface area contributed by atoms with E-state index in [2.05, 4.69) is 5.48 Å². The predicted octanol–water partition coefficient (Wildman–Crippen LogP) is 3.57. The van der Waals surface area contributed by atoms with Crippen LogP contribution in [0.5, 0.6) is 0 Å². The summed E-state index contributed by atoms with van der Waals surface area (Å²) < 4.78 is 0. The highest BCUT2D eigenvalue weighted by molar-refractivity contribution is 6.35. The number of hydroxylamine groups is 1. The molecule has 2 amide bonds. The fourth-order valence-electron chi connectivity index (χ4n) is 2.99. The highest BCUT2D eigenvalue weighted by atomic mass is 35.5. The van der Waals surface area contributed by atoms with Crippen molar-refractivity contribution in [2.24, 2.45) is 0 Å². The van der Waals surface area contributed by atoms with Crippen molar-refractivity contribution in [3.8, 4) is 0 Å². The topological polar surface area (TPSA) is 58.6 Å². The number of carbonyl (C=O) groups excluding carboxylic acids is 2. The van der Waals surface area contributed by atoms with E-state index >= 15 is 0 Å². The summed E-state index contributed by atoms with van der Waals surface area (Å²) in [6.07, 6.45) is 1.52. The zero-order chi connectivity index (χ0) is 17.6. The van der Waals surface area contributed by atoms with Gasteiger partial charge in [0, 0.05) is 10.6 Å². The van der Waals surface area contributed by atoms with Crippen LogP contribution < -0.4 is 10.4 Å². The Labute approximate surface area is 153 Å². The molecular formula is C18H12Cl2N2O3. The average molecular weight is 375 g/mol. The summed E-state index contributed by atoms with van der Waals surface area (Å²) in [7, 11) is 0. The van der Waals surface area contributed by atoms with E-state index in [4.69, 9.17) is 28.0 Å². The summed E-state index contributed by atoms with van der Waals surface area (Å²) in [6.45, 7) is 0. The van der Waals surface area contributed by atoms with Gasteiger partial charge in [-0.2, -0.15) is 0 Å². The van der Waals surface area contributed by atoms with Gasteiger partial charge in [0.15, 0.2) is 0 Å². The van der Waals surface area contributed by atoms with Crippen molar-refractivity contribution in [1.29, 1.82) is 0 Å². The molecule has 25 heavy (non-hydrogen) atoms. The van der Waals surface area contributed by atoms with E-state index in [9.17, 15) is 9.59 Å². The van der Waals surface area contributed by atoms with Crippen LogP contribution in [0, 0.1) is 0 Å². The minimum absolute atomic E-state index is 0.0809. The van der Waals surface area contributed by atoms with Crippen LogP contribution >= 0.6 is 23.2 Å². The van der Waals surface area contributed by atoms with E-state index in [1.165, 1.54) is 0 Å². The van der Waals surface area contributed by atoms with Crippen LogP contribution in [0.4, 0.5) is 5.69 Å². The number of para-hydroxylation sites is 1. The van der Waals surface area contributed by atoms with E-state index in [1.807, 2.05) is 6.07 Å². The van der Waals surface area contributed by atoms with E-state index in [1.54, 1.807) is 48.5 Å². The van der Waals surface area contributed by atoms with Gasteiger partial charge in [0.1, 0.15) is 0 Å². The molecule has 2 aliphatic rings. The van der Waals surface area contributed by atoms with Crippen LogP contribution in [0.2, 0.25) is 10.0 Å². The first-order valence-corrected chi connectivity index (χ1v) is 8.30. The lowest BCUT2D eigenvalue weighted by Gasteiger charge is -2.18. The van der Waals surface area contributed by atoms with Gasteiger partial charge in [-0.3, -0.25) is 19.9 Å². The Morgan fingerprint density at radius 2 is 1.84 bits per heavy atom. The van der Waals surface area contributed by atoms with Crippen LogP contribution in [0.25, 0.3) is 5.70 Å². The second kappa shape index (κ2) is 5.88. The Balaban J connectivity index is 1.71. The van der Waals surface area contributed by atoms with Gasteiger partial charge in [-0.05, 0) is 36.4 Å². The third-order valence-electron chi connectivity index (χ3n) is 4.18. The lowest BCUT2D eigenvalue weighted by molar-refractivity contribution is -0.136. The molecule has 2 heterocycles. The quantitative estimate of drug-likeness (QED) is 0.816. The van der Waals surface area contributed by atoms with Crippen molar-refractivity contribution in [2.45, 2.75) is 12.0 Å². The molecular weight excluding hydrogens is 363 g/mol. The molecule has 0 unspecified atom stereocenters. The summed E-state index contributed by atoms with van der Waals surface area (Å²) in [5, 5.41) is 0.925. The number of anilines is 1. The van der Waals surface area contributed by atoms with Gasteiger partial charge in [0.2, 0.25) is 11.5 Å². The van der Waals surface area contributed by atoms with Gasteiger partial charge in [0.25, 0.3) is 5.91 Å². The fraction of sp³-hybridized carbons (Fsp3) is 0.111. The van der Waals surface area contributed by atoms with Crippen molar-refractivity contribution in [1.82, 2.24) is 5.48 Å². The molecule has 0 aliphatic carbocycles. The van der Waals surface area contributed by atoms with Gasteiger partial charge < -0.3 is 0 Å². The number of hydrogen-bond acceptors (Lipinski definition) is 4. The van der Waals surface area contributed by atoms with Crippen LogP contribution in [0.1, 0.15) is 12.0 Å². The molecule has 1 N–H and O–H groups in total. The summed E-state index contributed by atoms with van der Waals surface area (Å²) in [6, 6.07) is 13.8. The van der Waals surface area contributed by atoms with Gasteiger partial charge in [0.05, 0.1) is 22.8 Å². The Hall–Kier alpha value is -2.34. The highest BCUT2D eigenvalue weighted by Crippen LogP contribution is 2.39. The number of nitrogens with zero attached hydrogens (tertiary/aromatic N) is 1. The van der Waals surface area contributed by atoms with Gasteiger partial charge in [-0.1, -0.05) is 41.4 Å². The number of amides is 2. The zero-order valence-corrected chi connectivity index (χ0v) is 14.3. The zero-order valence-electron chi connectivity index (χ0n) is 12.8. The molecule has 4 rings (SSSR count). The van der Waals surface area contributed by atoms with Crippen LogP contribution in [-0.4, -0.2) is 17.4 Å². The lowest BCUT2D eigenvalue weighted by atomic mass is 9.99. The molecule has 0 saturated carbocycles. The van der Waals surface area contributed by atoms with Crippen LogP contribution in [0.15, 0.2) is 54.6 Å². The predicted molar refractivity (Wildman–Crippen MR) is 94.9 cm³/mol. The summed E-state index contributed by atoms with van der Waals surface area (Å²) in [5.41, 5.74) is 3.04. The Bertz CT molecular complexity index is 914. The third kappa shape index (κ3) is 2.61. The van der Waals surface area contributed by atoms with Crippen LogP contribution in [-0.2, 0) is 14.4 Å². The number of hydrogen-bond donors (Lipinski definition) is 1. The molecule has 0 aromatic heterocycles. The molecule has 2 aromatic rings. The molecule has 1 spiro atoms. The Morgan fingerprint density at radius 1 is 1.08 bits per heavy atom. The molecule has 1 saturated heterocycles. The molecule has 1 atom stereocenters. The van der Waals surface area contributed by atoms with Crippen LogP contribution in [0.3, 0.4) is 0 Å². The molecule has 2 aliphatic heterocycles. The molecule has 7 heteroatoms. The van der Waals surface area contributed by atoms with Gasteiger partial charge in [-0.15, -0.1) is 0 Å². The van der Waals surface area contributed by atoms with Crippen molar-refractivity contribution in [3.05, 3.63) is 70.2 Å². The number of rotatable bonds is 2. The molecule has 126 valence electrons. The molecule has 2 aromatic carbocycles. The monoisotopic (exact) mass is 374 g/mol. The SMILES string of the molecule is O=C1C[C@@]2(C=C(c3ccc(Cl)cc3Cl)NO2)C(=O)N1c1ccccc1. The lowest BCUT2D eigenvalue weighted by Crippen LogP contribution is -2.40. The van der Waals surface area contributed by atoms with Crippen molar-refractivity contribution in [2.75, 3.05) is 4.90 Å². The first kappa shape index (κ1) is 16.1. The average Bonchev–Trinajstić information content (AvgIpc) is 3.10. The minimum Gasteiger partial charge on any atom is -0.274 e. The second-order valence-electron chi connectivity index (χ2n) is 5.82. The fourth-order valence-corrected chi connectivity index (χ4v) is 3.50. The van der Waals surface area contributed by atoms with E-state index < -0.39 is 11.5 Å². The maximum absolute atomic E-state index is 12.9. The van der Waals surface area contributed by atoms with E-state index in [-0.39, 0.29) is 12.3 Å². The normalized spacial score (nSPS) is 22.5. The number of halogens is 2. The molecule has 0 bridgehead atoms. The summed E-state index contributed by atoms with van der Waals surface area (Å²) in [4.78, 5) is 32.0. The second-order valence-corrected chi connectivity index (χ2v) is 6.67. The first-order chi connectivity index (χ1) is 12.0. The number of nitrogens with one attached hydrogen (secondary N) is 1. The van der Waals surface area contributed by atoms with Gasteiger partial charge in [-0.25, -0.2) is 4.90 Å². The van der Waals surface area contributed by atoms with Crippen molar-refractivity contribution < 1.29 is 14.4 Å². The number of benzene rings is 2. The van der Waals surface area contributed by atoms with Crippen molar-refractivity contribution >= 4 is 46.4 Å². The Morgan fingerprint density at radius 3 is 2.56 bits per heavy atom.